The predicted molar refractivity (Wildman–Crippen MR) is 116 cm³/mol. The monoisotopic (exact) mass is 390 g/mol. The molecule has 3 N–H and O–H groups in total. The first-order valence-corrected chi connectivity index (χ1v) is 10.7. The molecule has 6 nitrogen and oxygen atoms in total. The van der Waals surface area contributed by atoms with Crippen LogP contribution in [0.1, 0.15) is 51.0 Å². The van der Waals surface area contributed by atoms with E-state index in [9.17, 15) is 0 Å². The van der Waals surface area contributed by atoms with Gasteiger partial charge in [-0.25, -0.2) is 4.99 Å². The van der Waals surface area contributed by atoms with E-state index in [2.05, 4.69) is 35.2 Å². The Balaban J connectivity index is 1.68. The standard InChI is InChI=1S/C22H38N4O2/c1-3-4-5-6-12-24-22(23)25-18-19-8-7-9-21(17-19)28-16-13-26(2)20-10-14-27-15-11-20/h7-9,17,20H,3-6,10-16,18H2,1-2H3,(H3,23,24,25). The molecule has 1 aliphatic rings. The Kier molecular flexibility index (Phi) is 10.8. The molecule has 1 fully saturated rings. The van der Waals surface area contributed by atoms with E-state index in [0.29, 0.717) is 25.2 Å². The molecule has 28 heavy (non-hydrogen) atoms. The third-order valence-electron chi connectivity index (χ3n) is 5.19. The minimum atomic E-state index is 0.515. The van der Waals surface area contributed by atoms with Crippen molar-refractivity contribution in [2.45, 2.75) is 58.0 Å². The second kappa shape index (κ2) is 13.4. The Hall–Kier alpha value is -1.79. The zero-order valence-electron chi connectivity index (χ0n) is 17.7. The van der Waals surface area contributed by atoms with Crippen LogP contribution in [0.3, 0.4) is 0 Å². The quantitative estimate of drug-likeness (QED) is 0.326. The minimum Gasteiger partial charge on any atom is -0.492 e. The number of nitrogens with one attached hydrogen (secondary N) is 1. The van der Waals surface area contributed by atoms with Gasteiger partial charge in [-0.1, -0.05) is 38.3 Å². The molecule has 0 aromatic heterocycles. The van der Waals surface area contributed by atoms with Gasteiger partial charge in [-0.3, -0.25) is 4.90 Å². The number of hydrogen-bond donors (Lipinski definition) is 2. The number of aliphatic imine (C=N–C) groups is 1. The van der Waals surface area contributed by atoms with Crippen LogP contribution in [-0.2, 0) is 11.3 Å². The van der Waals surface area contributed by atoms with Crippen LogP contribution in [-0.4, -0.2) is 56.9 Å². The third-order valence-corrected chi connectivity index (χ3v) is 5.19. The molecule has 1 aromatic carbocycles. The fourth-order valence-electron chi connectivity index (χ4n) is 3.35. The van der Waals surface area contributed by atoms with Crippen LogP contribution in [0.15, 0.2) is 29.3 Å². The fraction of sp³-hybridized carbons (Fsp3) is 0.682. The molecule has 0 aliphatic carbocycles. The molecule has 0 atom stereocenters. The van der Waals surface area contributed by atoms with Gasteiger partial charge in [0.15, 0.2) is 5.96 Å². The highest BCUT2D eigenvalue weighted by Crippen LogP contribution is 2.15. The van der Waals surface area contributed by atoms with Crippen molar-refractivity contribution in [3.8, 4) is 5.75 Å². The number of unbranched alkanes of at least 4 members (excludes halogenated alkanes) is 3. The molecule has 0 spiro atoms. The van der Waals surface area contributed by atoms with Crippen molar-refractivity contribution in [3.63, 3.8) is 0 Å². The zero-order chi connectivity index (χ0) is 20.0. The minimum absolute atomic E-state index is 0.515. The van der Waals surface area contributed by atoms with E-state index in [1.54, 1.807) is 0 Å². The highest BCUT2D eigenvalue weighted by molar-refractivity contribution is 5.77. The Morgan fingerprint density at radius 3 is 2.89 bits per heavy atom. The molecule has 0 amide bonds. The van der Waals surface area contributed by atoms with Crippen molar-refractivity contribution in [2.75, 3.05) is 40.0 Å². The highest BCUT2D eigenvalue weighted by atomic mass is 16.5. The number of rotatable bonds is 12. The normalized spacial score (nSPS) is 15.8. The summed E-state index contributed by atoms with van der Waals surface area (Å²) in [5.41, 5.74) is 7.05. The van der Waals surface area contributed by atoms with Gasteiger partial charge in [0.1, 0.15) is 12.4 Å². The van der Waals surface area contributed by atoms with Crippen molar-refractivity contribution in [1.82, 2.24) is 10.2 Å². The molecule has 0 unspecified atom stereocenters. The van der Waals surface area contributed by atoms with Gasteiger partial charge in [-0.2, -0.15) is 0 Å². The number of hydrogen-bond acceptors (Lipinski definition) is 4. The lowest BCUT2D eigenvalue weighted by atomic mass is 10.1. The lowest BCUT2D eigenvalue weighted by Crippen LogP contribution is -2.38. The zero-order valence-corrected chi connectivity index (χ0v) is 17.7. The average molecular weight is 391 g/mol. The number of guanidine groups is 1. The van der Waals surface area contributed by atoms with E-state index in [0.717, 1.165) is 56.9 Å². The van der Waals surface area contributed by atoms with Crippen LogP contribution in [0.5, 0.6) is 5.75 Å². The number of ether oxygens (including phenoxy) is 2. The molecular weight excluding hydrogens is 352 g/mol. The average Bonchev–Trinajstić information content (AvgIpc) is 2.73. The molecule has 1 saturated heterocycles. The maximum absolute atomic E-state index is 5.95. The van der Waals surface area contributed by atoms with Gasteiger partial charge in [0.2, 0.25) is 0 Å². The maximum Gasteiger partial charge on any atom is 0.188 e. The summed E-state index contributed by atoms with van der Waals surface area (Å²) >= 11 is 0. The summed E-state index contributed by atoms with van der Waals surface area (Å²) in [5, 5.41) is 3.19. The fourth-order valence-corrected chi connectivity index (χ4v) is 3.35. The van der Waals surface area contributed by atoms with Crippen molar-refractivity contribution in [2.24, 2.45) is 10.7 Å². The Morgan fingerprint density at radius 2 is 2.11 bits per heavy atom. The number of nitrogens with zero attached hydrogens (tertiary/aromatic N) is 2. The smallest absolute Gasteiger partial charge is 0.188 e. The van der Waals surface area contributed by atoms with E-state index in [-0.39, 0.29) is 0 Å². The summed E-state index contributed by atoms with van der Waals surface area (Å²) in [7, 11) is 2.17. The highest BCUT2D eigenvalue weighted by Gasteiger charge is 2.17. The Morgan fingerprint density at radius 1 is 1.29 bits per heavy atom. The Labute approximate surface area is 170 Å². The van der Waals surface area contributed by atoms with E-state index in [4.69, 9.17) is 15.2 Å². The molecule has 6 heteroatoms. The molecule has 158 valence electrons. The Bertz CT molecular complexity index is 573. The van der Waals surface area contributed by atoms with Crippen LogP contribution < -0.4 is 15.8 Å². The first kappa shape index (κ1) is 22.5. The van der Waals surface area contributed by atoms with Crippen molar-refractivity contribution < 1.29 is 9.47 Å². The number of benzene rings is 1. The van der Waals surface area contributed by atoms with Crippen molar-refractivity contribution in [1.29, 1.82) is 0 Å². The number of likely N-dealkylation sites (N-methyl/N-ethyl adjacent to an activating group) is 1. The van der Waals surface area contributed by atoms with Crippen molar-refractivity contribution in [3.05, 3.63) is 29.8 Å². The summed E-state index contributed by atoms with van der Waals surface area (Å²) in [4.78, 5) is 6.81. The molecule has 2 rings (SSSR count). The third kappa shape index (κ3) is 8.93. The molecular formula is C22H38N4O2. The summed E-state index contributed by atoms with van der Waals surface area (Å²) in [6.07, 6.45) is 7.11. The summed E-state index contributed by atoms with van der Waals surface area (Å²) in [6, 6.07) is 8.72. The van der Waals surface area contributed by atoms with Gasteiger partial charge in [0.05, 0.1) is 6.54 Å². The first-order valence-electron chi connectivity index (χ1n) is 10.7. The van der Waals surface area contributed by atoms with Crippen LogP contribution in [0.2, 0.25) is 0 Å². The predicted octanol–water partition coefficient (Wildman–Crippen LogP) is 3.16. The maximum atomic E-state index is 5.95. The van der Waals surface area contributed by atoms with Crippen LogP contribution in [0.4, 0.5) is 0 Å². The summed E-state index contributed by atoms with van der Waals surface area (Å²) in [6.45, 7) is 7.01. The van der Waals surface area contributed by atoms with Gasteiger partial charge < -0.3 is 20.5 Å². The van der Waals surface area contributed by atoms with Crippen LogP contribution in [0, 0.1) is 0 Å². The first-order chi connectivity index (χ1) is 13.7. The van der Waals surface area contributed by atoms with E-state index in [1.807, 2.05) is 18.2 Å². The topological polar surface area (TPSA) is 72.1 Å². The molecule has 0 saturated carbocycles. The van der Waals surface area contributed by atoms with Crippen LogP contribution >= 0.6 is 0 Å². The van der Waals surface area contributed by atoms with E-state index < -0.39 is 0 Å². The number of nitrogens with two attached hydrogens (primary N) is 1. The molecule has 1 aromatic rings. The van der Waals surface area contributed by atoms with Gasteiger partial charge in [0, 0.05) is 32.3 Å². The largest absolute Gasteiger partial charge is 0.492 e. The lowest BCUT2D eigenvalue weighted by molar-refractivity contribution is 0.0392. The molecule has 0 bridgehead atoms. The van der Waals surface area contributed by atoms with Crippen LogP contribution in [0.25, 0.3) is 0 Å². The summed E-state index contributed by atoms with van der Waals surface area (Å²) in [5.74, 6) is 1.40. The lowest BCUT2D eigenvalue weighted by Gasteiger charge is -2.31. The van der Waals surface area contributed by atoms with Gasteiger partial charge in [-0.15, -0.1) is 0 Å². The SMILES string of the molecule is CCCCCCNC(N)=NCc1cccc(OCCN(C)C2CCOCC2)c1. The van der Waals surface area contributed by atoms with Gasteiger partial charge in [0.25, 0.3) is 0 Å². The van der Waals surface area contributed by atoms with Gasteiger partial charge >= 0.3 is 0 Å². The second-order valence-electron chi connectivity index (χ2n) is 7.51. The van der Waals surface area contributed by atoms with E-state index >= 15 is 0 Å². The summed E-state index contributed by atoms with van der Waals surface area (Å²) < 4.78 is 11.4. The molecule has 0 radical (unpaired) electrons. The second-order valence-corrected chi connectivity index (χ2v) is 7.51. The molecule has 1 heterocycles. The van der Waals surface area contributed by atoms with Gasteiger partial charge in [-0.05, 0) is 44.0 Å². The van der Waals surface area contributed by atoms with Crippen molar-refractivity contribution >= 4 is 5.96 Å². The van der Waals surface area contributed by atoms with E-state index in [1.165, 1.54) is 19.3 Å². The molecule has 1 aliphatic heterocycles.